The van der Waals surface area contributed by atoms with Gasteiger partial charge in [0.2, 0.25) is 10.0 Å². The molecular formula is C14H15F3N4O5S. The molecule has 1 aromatic carbocycles. The summed E-state index contributed by atoms with van der Waals surface area (Å²) in [5.41, 5.74) is 8.35. The van der Waals surface area contributed by atoms with Gasteiger partial charge in [-0.25, -0.2) is 8.42 Å². The Morgan fingerprint density at radius 2 is 2.00 bits per heavy atom. The summed E-state index contributed by atoms with van der Waals surface area (Å²) in [5, 5.41) is 12.8. The van der Waals surface area contributed by atoms with Crippen molar-refractivity contribution < 1.29 is 36.2 Å². The lowest BCUT2D eigenvalue weighted by Crippen LogP contribution is -2.50. The molecule has 0 aliphatic carbocycles. The zero-order valence-corrected chi connectivity index (χ0v) is 14.5. The molecule has 0 radical (unpaired) electrons. The fourth-order valence-corrected chi connectivity index (χ4v) is 4.40. The highest BCUT2D eigenvalue weighted by atomic mass is 32.2. The quantitative estimate of drug-likeness (QED) is 0.439. The van der Waals surface area contributed by atoms with Crippen LogP contribution in [0.3, 0.4) is 0 Å². The summed E-state index contributed by atoms with van der Waals surface area (Å²) in [6.45, 7) is -0.0661. The van der Waals surface area contributed by atoms with Crippen LogP contribution >= 0.6 is 0 Å². The highest BCUT2D eigenvalue weighted by Crippen LogP contribution is 2.30. The largest absolute Gasteiger partial charge is 0.573 e. The second kappa shape index (κ2) is 8.03. The van der Waals surface area contributed by atoms with E-state index in [-0.39, 0.29) is 36.7 Å². The van der Waals surface area contributed by atoms with Crippen LogP contribution in [0, 0.1) is 5.92 Å². The number of aliphatic carboxylic acids is 1. The van der Waals surface area contributed by atoms with E-state index in [2.05, 4.69) is 14.8 Å². The molecule has 1 saturated heterocycles. The van der Waals surface area contributed by atoms with Crippen LogP contribution in [0.25, 0.3) is 10.4 Å². The number of hydrogen-bond donors (Lipinski definition) is 1. The van der Waals surface area contributed by atoms with Gasteiger partial charge in [0.25, 0.3) is 0 Å². The van der Waals surface area contributed by atoms with Crippen molar-refractivity contribution in [1.82, 2.24) is 4.31 Å². The minimum Gasteiger partial charge on any atom is -0.480 e. The fourth-order valence-electron chi connectivity index (χ4n) is 2.79. The van der Waals surface area contributed by atoms with Crippen LogP contribution in [0.1, 0.15) is 12.8 Å². The molecule has 0 saturated carbocycles. The second-order valence-corrected chi connectivity index (χ2v) is 7.68. The monoisotopic (exact) mass is 408 g/mol. The Kier molecular flexibility index (Phi) is 6.19. The molecule has 0 aromatic heterocycles. The van der Waals surface area contributed by atoms with E-state index in [1.165, 1.54) is 0 Å². The SMILES string of the molecule is [N-]=[N+]=NC[C@@H]1CCN(S(=O)(=O)c2ccc(OC(F)(F)F)cc2)[C@@H](C(=O)O)C1. The number of carbonyl (C=O) groups is 1. The summed E-state index contributed by atoms with van der Waals surface area (Å²) in [6.07, 6.45) is -4.66. The van der Waals surface area contributed by atoms with Crippen molar-refractivity contribution >= 4 is 16.0 Å². The number of azide groups is 1. The number of carboxylic acid groups (broad SMARTS) is 1. The van der Waals surface area contributed by atoms with Crippen molar-refractivity contribution in [2.75, 3.05) is 13.1 Å². The summed E-state index contributed by atoms with van der Waals surface area (Å²) < 4.78 is 66.5. The number of piperidine rings is 1. The molecule has 9 nitrogen and oxygen atoms in total. The Morgan fingerprint density at radius 3 is 2.52 bits per heavy atom. The minimum absolute atomic E-state index is 0.0388. The average molecular weight is 408 g/mol. The lowest BCUT2D eigenvalue weighted by molar-refractivity contribution is -0.274. The topological polar surface area (TPSA) is 133 Å². The summed E-state index contributed by atoms with van der Waals surface area (Å²) in [7, 11) is -4.25. The van der Waals surface area contributed by atoms with E-state index in [4.69, 9.17) is 5.53 Å². The highest BCUT2D eigenvalue weighted by Gasteiger charge is 2.40. The van der Waals surface area contributed by atoms with Crippen LogP contribution in [0.4, 0.5) is 13.2 Å². The maximum absolute atomic E-state index is 12.7. The molecule has 1 heterocycles. The Hall–Kier alpha value is -2.50. The molecule has 27 heavy (non-hydrogen) atoms. The Morgan fingerprint density at radius 1 is 1.37 bits per heavy atom. The first-order valence-corrected chi connectivity index (χ1v) is 9.10. The van der Waals surface area contributed by atoms with Crippen LogP contribution < -0.4 is 4.74 Å². The zero-order chi connectivity index (χ0) is 20.2. The van der Waals surface area contributed by atoms with Gasteiger partial charge >= 0.3 is 12.3 Å². The molecule has 0 amide bonds. The number of carboxylic acids is 1. The number of halogens is 3. The van der Waals surface area contributed by atoms with Crippen molar-refractivity contribution in [3.63, 3.8) is 0 Å². The predicted molar refractivity (Wildman–Crippen MR) is 85.2 cm³/mol. The van der Waals surface area contributed by atoms with Crippen molar-refractivity contribution in [1.29, 1.82) is 0 Å². The summed E-state index contributed by atoms with van der Waals surface area (Å²) in [4.78, 5) is 13.8. The number of alkyl halides is 3. The first kappa shape index (κ1) is 20.8. The molecule has 1 aromatic rings. The van der Waals surface area contributed by atoms with Crippen LogP contribution in [-0.2, 0) is 14.8 Å². The van der Waals surface area contributed by atoms with Gasteiger partial charge < -0.3 is 9.84 Å². The molecule has 1 N–H and O–H groups in total. The van der Waals surface area contributed by atoms with Crippen LogP contribution in [0.15, 0.2) is 34.3 Å². The van der Waals surface area contributed by atoms with Gasteiger partial charge in [-0.3, -0.25) is 4.79 Å². The third kappa shape index (κ3) is 5.25. The van der Waals surface area contributed by atoms with Gasteiger partial charge in [0, 0.05) is 18.0 Å². The minimum atomic E-state index is -4.91. The van der Waals surface area contributed by atoms with Crippen LogP contribution in [0.5, 0.6) is 5.75 Å². The van der Waals surface area contributed by atoms with E-state index in [1.807, 2.05) is 0 Å². The van der Waals surface area contributed by atoms with Gasteiger partial charge in [0.1, 0.15) is 11.8 Å². The van der Waals surface area contributed by atoms with Gasteiger partial charge in [0.05, 0.1) is 4.90 Å². The fraction of sp³-hybridized carbons (Fsp3) is 0.500. The maximum atomic E-state index is 12.7. The van der Waals surface area contributed by atoms with Gasteiger partial charge in [-0.15, -0.1) is 13.2 Å². The zero-order valence-electron chi connectivity index (χ0n) is 13.7. The molecule has 1 fully saturated rings. The normalized spacial score (nSPS) is 21.3. The number of rotatable bonds is 6. The molecular weight excluding hydrogens is 393 g/mol. The van der Waals surface area contributed by atoms with Crippen molar-refractivity contribution in [2.24, 2.45) is 11.0 Å². The number of ether oxygens (including phenoxy) is 1. The van der Waals surface area contributed by atoms with Crippen molar-refractivity contribution in [2.45, 2.75) is 30.1 Å². The third-order valence-electron chi connectivity index (χ3n) is 4.01. The second-order valence-electron chi connectivity index (χ2n) is 5.79. The van der Waals surface area contributed by atoms with Crippen molar-refractivity contribution in [3.05, 3.63) is 34.7 Å². The smallest absolute Gasteiger partial charge is 0.480 e. The van der Waals surface area contributed by atoms with Crippen LogP contribution in [-0.4, -0.2) is 49.3 Å². The van der Waals surface area contributed by atoms with Crippen LogP contribution in [0.2, 0.25) is 0 Å². The maximum Gasteiger partial charge on any atom is 0.573 e. The molecule has 0 unspecified atom stereocenters. The molecule has 1 aliphatic heterocycles. The molecule has 0 bridgehead atoms. The summed E-state index contributed by atoms with van der Waals surface area (Å²) in [5.74, 6) is -2.23. The van der Waals surface area contributed by atoms with E-state index < -0.39 is 34.1 Å². The molecule has 13 heteroatoms. The molecule has 2 rings (SSSR count). The molecule has 1 aliphatic rings. The highest BCUT2D eigenvalue weighted by molar-refractivity contribution is 7.89. The first-order valence-electron chi connectivity index (χ1n) is 7.66. The summed E-state index contributed by atoms with van der Waals surface area (Å²) in [6, 6.07) is 2.14. The molecule has 0 spiro atoms. The van der Waals surface area contributed by atoms with E-state index in [9.17, 15) is 31.5 Å². The lowest BCUT2D eigenvalue weighted by atomic mass is 9.92. The average Bonchev–Trinajstić information content (AvgIpc) is 2.58. The standard InChI is InChI=1S/C14H15F3N4O5S/c15-14(16,17)26-10-1-3-11(4-2-10)27(24,25)21-6-5-9(8-19-20-18)7-12(21)13(22)23/h1-4,9,12H,5-8H2,(H,22,23)/t9-,12-/m1/s1. The third-order valence-corrected chi connectivity index (χ3v) is 5.94. The van der Waals surface area contributed by atoms with Gasteiger partial charge in [-0.1, -0.05) is 5.11 Å². The Labute approximate surface area is 152 Å². The van der Waals surface area contributed by atoms with Gasteiger partial charge in [-0.05, 0) is 48.6 Å². The first-order chi connectivity index (χ1) is 12.5. The van der Waals surface area contributed by atoms with E-state index >= 15 is 0 Å². The van der Waals surface area contributed by atoms with E-state index in [0.717, 1.165) is 28.6 Å². The lowest BCUT2D eigenvalue weighted by Gasteiger charge is -2.35. The predicted octanol–water partition coefficient (Wildman–Crippen LogP) is 2.75. The number of nitrogens with zero attached hydrogens (tertiary/aromatic N) is 4. The Balaban J connectivity index is 2.23. The van der Waals surface area contributed by atoms with E-state index in [1.54, 1.807) is 0 Å². The van der Waals surface area contributed by atoms with E-state index in [0.29, 0.717) is 0 Å². The summed E-state index contributed by atoms with van der Waals surface area (Å²) >= 11 is 0. The van der Waals surface area contributed by atoms with Gasteiger partial charge in [-0.2, -0.15) is 4.31 Å². The Bertz CT molecular complexity index is 837. The molecule has 148 valence electrons. The number of benzene rings is 1. The molecule has 2 atom stereocenters. The number of hydrogen-bond acceptors (Lipinski definition) is 5. The van der Waals surface area contributed by atoms with Gasteiger partial charge in [0.15, 0.2) is 0 Å². The number of sulfonamides is 1. The van der Waals surface area contributed by atoms with Crippen molar-refractivity contribution in [3.8, 4) is 5.75 Å².